The molecular weight excluding hydrogens is 569 g/mol. The first-order valence-electron chi connectivity index (χ1n) is 11.0. The number of alkyl halides is 4. The number of hydrogen-bond acceptors (Lipinski definition) is 4. The van der Waals surface area contributed by atoms with E-state index in [1.807, 2.05) is 0 Å². The number of carbonyl (C=O) groups is 3. The van der Waals surface area contributed by atoms with Gasteiger partial charge in [0.1, 0.15) is 18.5 Å². The van der Waals surface area contributed by atoms with Crippen molar-refractivity contribution < 1.29 is 41.1 Å². The molecule has 3 aromatic rings. The largest absolute Gasteiger partial charge is 0.454 e. The number of likely N-dealkylation sites (tertiary alicyclic amines) is 1. The van der Waals surface area contributed by atoms with Gasteiger partial charge in [-0.1, -0.05) is 30.3 Å². The third kappa shape index (κ3) is 5.76. The molecule has 7 nitrogen and oxygen atoms in total. The van der Waals surface area contributed by atoms with E-state index in [4.69, 9.17) is 4.74 Å². The minimum absolute atomic E-state index is 0.00868. The smallest absolute Gasteiger partial charge is 0.425 e. The number of rotatable bonds is 6. The first-order chi connectivity index (χ1) is 17.5. The minimum atomic E-state index is -5.11. The quantitative estimate of drug-likeness (QED) is 0.321. The van der Waals surface area contributed by atoms with E-state index in [9.17, 15) is 36.3 Å². The molecule has 2 amide bonds. The van der Waals surface area contributed by atoms with Crippen molar-refractivity contribution >= 4 is 44.6 Å². The number of nitrogens with one attached hydrogen (secondary N) is 1. The number of amides is 2. The Bertz CT molecular complexity index is 1360. The highest BCUT2D eigenvalue weighted by atomic mass is 79.9. The van der Waals surface area contributed by atoms with Crippen LogP contribution in [0.15, 0.2) is 53.1 Å². The molecule has 37 heavy (non-hydrogen) atoms. The second-order valence-electron chi connectivity index (χ2n) is 8.32. The molecule has 0 bridgehead atoms. The number of benzene rings is 2. The average Bonchev–Trinajstić information content (AvgIpc) is 3.39. The van der Waals surface area contributed by atoms with E-state index < -0.39 is 60.8 Å². The van der Waals surface area contributed by atoms with Gasteiger partial charge in [-0.25, -0.2) is 13.6 Å². The Kier molecular flexibility index (Phi) is 7.53. The van der Waals surface area contributed by atoms with Crippen LogP contribution in [0.25, 0.3) is 10.9 Å². The van der Waals surface area contributed by atoms with E-state index in [1.54, 1.807) is 6.07 Å². The summed E-state index contributed by atoms with van der Waals surface area (Å²) in [7, 11) is 0. The summed E-state index contributed by atoms with van der Waals surface area (Å²) in [6, 6.07) is 10.3. The van der Waals surface area contributed by atoms with Crippen molar-refractivity contribution in [2.24, 2.45) is 0 Å². The Balaban J connectivity index is 1.47. The lowest BCUT2D eigenvalue weighted by Gasteiger charge is -2.24. The Morgan fingerprint density at radius 3 is 2.57 bits per heavy atom. The van der Waals surface area contributed by atoms with Crippen molar-refractivity contribution in [2.45, 2.75) is 38.1 Å². The molecule has 4 rings (SSSR count). The van der Waals surface area contributed by atoms with Gasteiger partial charge < -0.3 is 19.5 Å². The first kappa shape index (κ1) is 26.6. The molecule has 0 spiro atoms. The highest BCUT2D eigenvalue weighted by Crippen LogP contribution is 2.29. The van der Waals surface area contributed by atoms with Crippen molar-refractivity contribution in [3.63, 3.8) is 0 Å². The second kappa shape index (κ2) is 10.5. The van der Waals surface area contributed by atoms with Gasteiger partial charge in [0, 0.05) is 35.6 Å². The van der Waals surface area contributed by atoms with Gasteiger partial charge in [-0.3, -0.25) is 9.59 Å². The fourth-order valence-electron chi connectivity index (χ4n) is 4.09. The van der Waals surface area contributed by atoms with E-state index in [2.05, 4.69) is 21.2 Å². The molecule has 1 aromatic heterocycles. The van der Waals surface area contributed by atoms with Gasteiger partial charge in [-0.2, -0.15) is 13.2 Å². The summed E-state index contributed by atoms with van der Waals surface area (Å²) < 4.78 is 74.0. The number of alkyl carbamates (subject to hydrolysis) is 1. The summed E-state index contributed by atoms with van der Waals surface area (Å²) in [4.78, 5) is 38.1. The molecule has 0 radical (unpaired) electrons. The molecule has 13 heteroatoms. The third-order valence-corrected chi connectivity index (χ3v) is 6.43. The van der Waals surface area contributed by atoms with Crippen LogP contribution >= 0.6 is 15.9 Å². The number of halogens is 6. The van der Waals surface area contributed by atoms with Gasteiger partial charge in [-0.05, 0) is 28.1 Å². The molecular formula is C24H19BrF5N3O4. The van der Waals surface area contributed by atoms with Gasteiger partial charge in [0.05, 0.1) is 16.6 Å². The highest BCUT2D eigenvalue weighted by Gasteiger charge is 2.41. The van der Waals surface area contributed by atoms with Crippen molar-refractivity contribution in [1.29, 1.82) is 0 Å². The molecule has 1 fully saturated rings. The Morgan fingerprint density at radius 1 is 1.11 bits per heavy atom. The number of para-hydroxylation sites is 1. The number of nitrogens with zero attached hydrogens (tertiary/aromatic N) is 2. The summed E-state index contributed by atoms with van der Waals surface area (Å²) in [5.74, 6) is -3.37. The van der Waals surface area contributed by atoms with E-state index in [1.165, 1.54) is 36.4 Å². The van der Waals surface area contributed by atoms with E-state index in [0.717, 1.165) is 15.7 Å². The molecule has 0 aliphatic carbocycles. The highest BCUT2D eigenvalue weighted by molar-refractivity contribution is 9.10. The average molecular weight is 588 g/mol. The predicted molar refractivity (Wildman–Crippen MR) is 125 cm³/mol. The SMILES string of the molecule is O=C(NCc1cccc(Br)c1F)O[C@H]1C[C@@H](F)CN1C(=O)Cn1cc(C(=O)C(F)(F)F)c2ccccc21. The molecule has 0 saturated carbocycles. The molecule has 1 aliphatic rings. The topological polar surface area (TPSA) is 80.6 Å². The van der Waals surface area contributed by atoms with Crippen LogP contribution < -0.4 is 5.32 Å². The predicted octanol–water partition coefficient (Wildman–Crippen LogP) is 5.11. The monoisotopic (exact) mass is 587 g/mol. The van der Waals surface area contributed by atoms with Crippen LogP contribution in [-0.4, -0.2) is 52.4 Å². The molecule has 2 atom stereocenters. The molecule has 0 unspecified atom stereocenters. The Morgan fingerprint density at radius 2 is 1.84 bits per heavy atom. The summed E-state index contributed by atoms with van der Waals surface area (Å²) in [5.41, 5.74) is -0.254. The maximum Gasteiger partial charge on any atom is 0.454 e. The molecule has 1 saturated heterocycles. The second-order valence-corrected chi connectivity index (χ2v) is 9.17. The zero-order chi connectivity index (χ0) is 26.9. The first-order valence-corrected chi connectivity index (χ1v) is 11.7. The van der Waals surface area contributed by atoms with Gasteiger partial charge >= 0.3 is 12.3 Å². The fourth-order valence-corrected chi connectivity index (χ4v) is 4.50. The fraction of sp³-hybridized carbons (Fsp3) is 0.292. The van der Waals surface area contributed by atoms with Crippen LogP contribution in [0.2, 0.25) is 0 Å². The number of fused-ring (bicyclic) bond motifs is 1. The van der Waals surface area contributed by atoms with Gasteiger partial charge in [0.2, 0.25) is 5.91 Å². The molecule has 1 N–H and O–H groups in total. The third-order valence-electron chi connectivity index (χ3n) is 5.81. The zero-order valence-electron chi connectivity index (χ0n) is 18.9. The van der Waals surface area contributed by atoms with E-state index >= 15 is 0 Å². The van der Waals surface area contributed by atoms with Crippen molar-refractivity contribution in [3.8, 4) is 0 Å². The van der Waals surface area contributed by atoms with Crippen LogP contribution in [-0.2, 0) is 22.6 Å². The van der Waals surface area contributed by atoms with Gasteiger partial charge in [0.25, 0.3) is 5.78 Å². The molecule has 1 aliphatic heterocycles. The lowest BCUT2D eigenvalue weighted by Crippen LogP contribution is -2.42. The van der Waals surface area contributed by atoms with Crippen LogP contribution in [0.4, 0.5) is 26.7 Å². The molecule has 2 aromatic carbocycles. The maximum absolute atomic E-state index is 14.2. The van der Waals surface area contributed by atoms with Crippen molar-refractivity contribution in [2.75, 3.05) is 6.54 Å². The Hall–Kier alpha value is -3.48. The van der Waals surface area contributed by atoms with Crippen molar-refractivity contribution in [1.82, 2.24) is 14.8 Å². The standard InChI is InChI=1S/C24H19BrF5N3O4/c25-17-6-3-4-13(21(17)27)9-31-23(36)37-20-8-14(26)10-33(20)19(34)12-32-11-16(22(35)24(28,29)30)15-5-1-2-7-18(15)32/h1-7,11,14,20H,8-10,12H2,(H,31,36)/t14-,20+/m1/s1. The number of ether oxygens (including phenoxy) is 1. The number of carbonyl (C=O) groups excluding carboxylic acids is 3. The molecule has 2 heterocycles. The van der Waals surface area contributed by atoms with Gasteiger partial charge in [-0.15, -0.1) is 0 Å². The van der Waals surface area contributed by atoms with Crippen LogP contribution in [0, 0.1) is 5.82 Å². The summed E-state index contributed by atoms with van der Waals surface area (Å²) in [6.07, 6.45) is -8.30. The van der Waals surface area contributed by atoms with E-state index in [0.29, 0.717) is 0 Å². The van der Waals surface area contributed by atoms with Gasteiger partial charge in [0.15, 0.2) is 6.23 Å². The number of aromatic nitrogens is 1. The number of Topliss-reactive ketones (excluding diaryl/α,β-unsaturated/α-hetero) is 1. The van der Waals surface area contributed by atoms with Crippen LogP contribution in [0.5, 0.6) is 0 Å². The summed E-state index contributed by atoms with van der Waals surface area (Å²) in [5, 5.41) is 2.35. The number of hydrogen-bond donors (Lipinski definition) is 1. The lowest BCUT2D eigenvalue weighted by molar-refractivity contribution is -0.138. The molecule has 196 valence electrons. The maximum atomic E-state index is 14.2. The van der Waals surface area contributed by atoms with E-state index in [-0.39, 0.29) is 33.9 Å². The van der Waals surface area contributed by atoms with Crippen LogP contribution in [0.1, 0.15) is 22.3 Å². The minimum Gasteiger partial charge on any atom is -0.425 e. The summed E-state index contributed by atoms with van der Waals surface area (Å²) >= 11 is 3.03. The van der Waals surface area contributed by atoms with Crippen molar-refractivity contribution in [3.05, 3.63) is 70.1 Å². The lowest BCUT2D eigenvalue weighted by atomic mass is 10.1. The zero-order valence-corrected chi connectivity index (χ0v) is 20.5. The number of ketones is 1. The normalized spacial score (nSPS) is 17.7. The van der Waals surface area contributed by atoms with Crippen LogP contribution in [0.3, 0.4) is 0 Å². The Labute approximate surface area is 215 Å². The summed E-state index contributed by atoms with van der Waals surface area (Å²) in [6.45, 7) is -1.15.